The summed E-state index contributed by atoms with van der Waals surface area (Å²) in [4.78, 5) is 22.8. The summed E-state index contributed by atoms with van der Waals surface area (Å²) in [5, 5.41) is 20.4. The van der Waals surface area contributed by atoms with E-state index in [0.29, 0.717) is 5.69 Å². The molecule has 0 aliphatic carbocycles. The fourth-order valence-corrected chi connectivity index (χ4v) is 1.79. The summed E-state index contributed by atoms with van der Waals surface area (Å²) in [7, 11) is 0. The molecule has 1 heterocycles. The summed E-state index contributed by atoms with van der Waals surface area (Å²) in [5.41, 5.74) is 1.60. The van der Waals surface area contributed by atoms with E-state index in [1.165, 1.54) is 10.8 Å². The number of carboxylic acids is 1. The Morgan fingerprint density at radius 3 is 2.45 bits per heavy atom. The lowest BCUT2D eigenvalue weighted by Crippen LogP contribution is -2.19. The molecule has 2 rings (SSSR count). The molecule has 6 heteroatoms. The number of aliphatic hydroxyl groups excluding tert-OH is 1. The molecule has 0 radical (unpaired) electrons. The summed E-state index contributed by atoms with van der Waals surface area (Å²) in [6.07, 6.45) is 1.54. The third-order valence-corrected chi connectivity index (χ3v) is 2.76. The topological polar surface area (TPSA) is 91.6 Å². The monoisotopic (exact) mass is 274 g/mol. The lowest BCUT2D eigenvalue weighted by molar-refractivity contribution is -0.137. The smallest absolute Gasteiger partial charge is 0.323 e. The van der Waals surface area contributed by atoms with Crippen LogP contribution in [0.1, 0.15) is 16.1 Å². The largest absolute Gasteiger partial charge is 0.480 e. The van der Waals surface area contributed by atoms with Crippen LogP contribution in [-0.4, -0.2) is 26.7 Å². The number of rotatable bonds is 5. The van der Waals surface area contributed by atoms with Crippen LogP contribution in [0.5, 0.6) is 0 Å². The lowest BCUT2D eigenvalue weighted by atomic mass is 10.2. The van der Waals surface area contributed by atoms with E-state index in [9.17, 15) is 9.59 Å². The molecule has 1 amide bonds. The minimum Gasteiger partial charge on any atom is -0.480 e. The van der Waals surface area contributed by atoms with Crippen LogP contribution >= 0.6 is 0 Å². The molecule has 0 unspecified atom stereocenters. The molecule has 0 bridgehead atoms. The van der Waals surface area contributed by atoms with Gasteiger partial charge in [0.1, 0.15) is 12.2 Å². The van der Waals surface area contributed by atoms with Crippen LogP contribution < -0.4 is 5.32 Å². The molecular formula is C14H14N2O4. The van der Waals surface area contributed by atoms with E-state index in [2.05, 4.69) is 5.32 Å². The van der Waals surface area contributed by atoms with Gasteiger partial charge in [0.15, 0.2) is 0 Å². The van der Waals surface area contributed by atoms with Gasteiger partial charge in [-0.25, -0.2) is 0 Å². The van der Waals surface area contributed by atoms with E-state index in [-0.39, 0.29) is 24.8 Å². The van der Waals surface area contributed by atoms with E-state index in [0.717, 1.165) is 5.56 Å². The van der Waals surface area contributed by atoms with Crippen LogP contribution in [0.15, 0.2) is 42.6 Å². The van der Waals surface area contributed by atoms with E-state index < -0.39 is 5.97 Å². The minimum atomic E-state index is -1.01. The van der Waals surface area contributed by atoms with Crippen LogP contribution in [0.25, 0.3) is 0 Å². The number of nitrogens with one attached hydrogen (secondary N) is 1. The number of carboxylic acid groups (broad SMARTS) is 1. The Kier molecular flexibility index (Phi) is 4.17. The van der Waals surface area contributed by atoms with Gasteiger partial charge in [-0.2, -0.15) is 0 Å². The lowest BCUT2D eigenvalue weighted by Gasteiger charge is -2.08. The molecule has 0 fully saturated rings. The average molecular weight is 274 g/mol. The predicted octanol–water partition coefficient (Wildman–Crippen LogP) is 1.32. The van der Waals surface area contributed by atoms with Crippen molar-refractivity contribution >= 4 is 17.6 Å². The summed E-state index contributed by atoms with van der Waals surface area (Å²) >= 11 is 0. The first-order valence-corrected chi connectivity index (χ1v) is 5.98. The summed E-state index contributed by atoms with van der Waals surface area (Å²) in [6.45, 7) is -0.325. The van der Waals surface area contributed by atoms with Crippen molar-refractivity contribution in [2.45, 2.75) is 13.2 Å². The SMILES string of the molecule is O=C(O)Cn1cccc1C(=O)Nc1ccc(CO)cc1. The zero-order valence-electron chi connectivity index (χ0n) is 10.6. The van der Waals surface area contributed by atoms with Crippen LogP contribution in [0, 0.1) is 0 Å². The Bertz CT molecular complexity index is 616. The van der Waals surface area contributed by atoms with Gasteiger partial charge in [-0.3, -0.25) is 9.59 Å². The summed E-state index contributed by atoms with van der Waals surface area (Å²) in [5.74, 6) is -1.39. The number of nitrogens with zero attached hydrogens (tertiary/aromatic N) is 1. The number of carbonyl (C=O) groups is 2. The Morgan fingerprint density at radius 2 is 1.85 bits per heavy atom. The minimum absolute atomic E-state index is 0.0598. The molecule has 2 aromatic rings. The highest BCUT2D eigenvalue weighted by atomic mass is 16.4. The van der Waals surface area contributed by atoms with E-state index in [4.69, 9.17) is 10.2 Å². The highest BCUT2D eigenvalue weighted by Gasteiger charge is 2.12. The predicted molar refractivity (Wildman–Crippen MR) is 72.4 cm³/mol. The van der Waals surface area contributed by atoms with Gasteiger partial charge in [0.05, 0.1) is 6.61 Å². The number of amides is 1. The fourth-order valence-electron chi connectivity index (χ4n) is 1.79. The maximum absolute atomic E-state index is 12.1. The van der Waals surface area contributed by atoms with Crippen molar-refractivity contribution in [2.75, 3.05) is 5.32 Å². The second-order valence-corrected chi connectivity index (χ2v) is 4.22. The number of aromatic nitrogens is 1. The molecule has 104 valence electrons. The van der Waals surface area contributed by atoms with Gasteiger partial charge < -0.3 is 20.1 Å². The number of benzene rings is 1. The number of aliphatic hydroxyl groups is 1. The molecular weight excluding hydrogens is 260 g/mol. The van der Waals surface area contributed by atoms with Gasteiger partial charge in [0.25, 0.3) is 5.91 Å². The number of hydrogen-bond acceptors (Lipinski definition) is 3. The van der Waals surface area contributed by atoms with Gasteiger partial charge >= 0.3 is 5.97 Å². The number of anilines is 1. The standard InChI is InChI=1S/C14H14N2O4/c17-9-10-3-5-11(6-4-10)15-14(20)12-2-1-7-16(12)8-13(18)19/h1-7,17H,8-9H2,(H,15,20)(H,18,19). The zero-order valence-corrected chi connectivity index (χ0v) is 10.6. The molecule has 0 aliphatic rings. The quantitative estimate of drug-likeness (QED) is 0.766. The fraction of sp³-hybridized carbons (Fsp3) is 0.143. The third-order valence-electron chi connectivity index (χ3n) is 2.76. The van der Waals surface area contributed by atoms with Crippen LogP contribution in [0.4, 0.5) is 5.69 Å². The molecule has 0 aliphatic heterocycles. The zero-order chi connectivity index (χ0) is 14.5. The second-order valence-electron chi connectivity index (χ2n) is 4.22. The second kappa shape index (κ2) is 6.03. The highest BCUT2D eigenvalue weighted by Crippen LogP contribution is 2.12. The molecule has 6 nitrogen and oxygen atoms in total. The van der Waals surface area contributed by atoms with Crippen molar-refractivity contribution in [3.63, 3.8) is 0 Å². The van der Waals surface area contributed by atoms with Gasteiger partial charge in [0, 0.05) is 11.9 Å². The average Bonchev–Trinajstić information content (AvgIpc) is 2.87. The van der Waals surface area contributed by atoms with Crippen molar-refractivity contribution in [1.82, 2.24) is 4.57 Å². The Morgan fingerprint density at radius 1 is 1.15 bits per heavy atom. The molecule has 0 saturated carbocycles. The number of aliphatic carboxylic acids is 1. The Balaban J connectivity index is 2.11. The third kappa shape index (κ3) is 3.24. The van der Waals surface area contributed by atoms with Crippen LogP contribution in [0.3, 0.4) is 0 Å². The van der Waals surface area contributed by atoms with E-state index >= 15 is 0 Å². The van der Waals surface area contributed by atoms with Gasteiger partial charge in [-0.15, -0.1) is 0 Å². The van der Waals surface area contributed by atoms with E-state index in [1.54, 1.807) is 36.4 Å². The van der Waals surface area contributed by atoms with Gasteiger partial charge in [-0.05, 0) is 29.8 Å². The van der Waals surface area contributed by atoms with Crippen molar-refractivity contribution in [2.24, 2.45) is 0 Å². The van der Waals surface area contributed by atoms with Gasteiger partial charge in [-0.1, -0.05) is 12.1 Å². The maximum atomic E-state index is 12.1. The first-order valence-electron chi connectivity index (χ1n) is 5.98. The molecule has 0 spiro atoms. The van der Waals surface area contributed by atoms with Crippen molar-refractivity contribution in [3.8, 4) is 0 Å². The summed E-state index contributed by atoms with van der Waals surface area (Å²) in [6, 6.07) is 9.92. The number of carbonyl (C=O) groups excluding carboxylic acids is 1. The number of hydrogen-bond donors (Lipinski definition) is 3. The Hall–Kier alpha value is -2.60. The van der Waals surface area contributed by atoms with Crippen molar-refractivity contribution in [3.05, 3.63) is 53.9 Å². The molecule has 1 aromatic heterocycles. The highest BCUT2D eigenvalue weighted by molar-refractivity contribution is 6.03. The van der Waals surface area contributed by atoms with E-state index in [1.807, 2.05) is 0 Å². The Labute approximate surface area is 115 Å². The molecule has 1 aromatic carbocycles. The summed E-state index contributed by atoms with van der Waals surface area (Å²) < 4.78 is 1.36. The normalized spacial score (nSPS) is 10.2. The molecule has 0 atom stereocenters. The molecule has 0 saturated heterocycles. The van der Waals surface area contributed by atoms with Crippen LogP contribution in [0.2, 0.25) is 0 Å². The first kappa shape index (κ1) is 13.8. The van der Waals surface area contributed by atoms with Gasteiger partial charge in [0.2, 0.25) is 0 Å². The molecule has 3 N–H and O–H groups in total. The molecule has 20 heavy (non-hydrogen) atoms. The van der Waals surface area contributed by atoms with Crippen LogP contribution in [-0.2, 0) is 17.9 Å². The maximum Gasteiger partial charge on any atom is 0.323 e. The first-order chi connectivity index (χ1) is 9.60. The van der Waals surface area contributed by atoms with Crippen molar-refractivity contribution < 1.29 is 19.8 Å². The van der Waals surface area contributed by atoms with Crippen molar-refractivity contribution in [1.29, 1.82) is 0 Å².